The molecule has 1 aromatic carbocycles. The number of rotatable bonds is 14. The molecule has 0 radical (unpaired) electrons. The molecule has 2 atom stereocenters. The van der Waals surface area contributed by atoms with Gasteiger partial charge in [0.1, 0.15) is 0 Å². The molecule has 40 heavy (non-hydrogen) atoms. The van der Waals surface area contributed by atoms with E-state index in [0.29, 0.717) is 11.5 Å². The Morgan fingerprint density at radius 1 is 0.925 bits per heavy atom. The SMILES string of the molecule is C=C(C)C(=O)OCC(CO)CC1CCc2cc(CCC3CCC(C4CCC(CCCCC)CC4)CC3)ccc2C1. The fourth-order valence-electron chi connectivity index (χ4n) is 8.17. The van der Waals surface area contributed by atoms with Gasteiger partial charge in [0.2, 0.25) is 0 Å². The van der Waals surface area contributed by atoms with Gasteiger partial charge in [-0.3, -0.25) is 0 Å². The fraction of sp³-hybridized carbons (Fsp3) is 0.757. The predicted molar refractivity (Wildman–Crippen MR) is 166 cm³/mol. The molecule has 2 unspecified atom stereocenters. The first kappa shape index (κ1) is 31.3. The van der Waals surface area contributed by atoms with Crippen LogP contribution in [-0.4, -0.2) is 24.3 Å². The highest BCUT2D eigenvalue weighted by Crippen LogP contribution is 2.43. The molecule has 3 nitrogen and oxygen atoms in total. The number of esters is 1. The molecule has 0 aliphatic heterocycles. The lowest BCUT2D eigenvalue weighted by Gasteiger charge is -2.38. The molecule has 0 bridgehead atoms. The molecule has 0 heterocycles. The van der Waals surface area contributed by atoms with E-state index in [1.54, 1.807) is 6.92 Å². The molecule has 1 aromatic rings. The topological polar surface area (TPSA) is 46.5 Å². The number of unbranched alkanes of at least 4 members (excludes halogenated alkanes) is 2. The highest BCUT2D eigenvalue weighted by atomic mass is 16.5. The van der Waals surface area contributed by atoms with Crippen LogP contribution >= 0.6 is 0 Å². The maximum Gasteiger partial charge on any atom is 0.333 e. The van der Waals surface area contributed by atoms with Crippen LogP contribution in [-0.2, 0) is 28.8 Å². The van der Waals surface area contributed by atoms with Gasteiger partial charge in [0.05, 0.1) is 6.61 Å². The standard InChI is InChI=1S/C37H58O3/c1-4-5-6-7-28-10-16-33(17-11-28)34-18-12-29(13-19-34)8-9-30-14-20-36-24-31(15-21-35(36)23-30)22-32(25-38)26-40-37(39)27(2)3/h14,20,23,28-29,31-34,38H,2,4-13,15-19,21-22,24-26H2,1,3H3. The Hall–Kier alpha value is -1.61. The number of carbonyl (C=O) groups excluding carboxylic acids is 1. The van der Waals surface area contributed by atoms with Crippen molar-refractivity contribution in [2.75, 3.05) is 13.2 Å². The first-order valence-corrected chi connectivity index (χ1v) is 17.0. The molecule has 1 N–H and O–H groups in total. The monoisotopic (exact) mass is 550 g/mol. The molecule has 0 aromatic heterocycles. The lowest BCUT2D eigenvalue weighted by molar-refractivity contribution is -0.140. The lowest BCUT2D eigenvalue weighted by Crippen LogP contribution is -2.26. The zero-order valence-corrected chi connectivity index (χ0v) is 25.8. The van der Waals surface area contributed by atoms with Crippen molar-refractivity contribution in [1.82, 2.24) is 0 Å². The van der Waals surface area contributed by atoms with Gasteiger partial charge in [0.15, 0.2) is 0 Å². The Kier molecular flexibility index (Phi) is 12.6. The van der Waals surface area contributed by atoms with Gasteiger partial charge < -0.3 is 9.84 Å². The summed E-state index contributed by atoms with van der Waals surface area (Å²) in [4.78, 5) is 11.7. The molecular weight excluding hydrogens is 492 g/mol. The largest absolute Gasteiger partial charge is 0.462 e. The third kappa shape index (κ3) is 9.47. The van der Waals surface area contributed by atoms with Crippen molar-refractivity contribution in [3.63, 3.8) is 0 Å². The Balaban J connectivity index is 1.15. The van der Waals surface area contributed by atoms with Crippen molar-refractivity contribution in [1.29, 1.82) is 0 Å². The summed E-state index contributed by atoms with van der Waals surface area (Å²) in [6.07, 6.45) is 24.6. The van der Waals surface area contributed by atoms with Crippen LogP contribution in [0.5, 0.6) is 0 Å². The van der Waals surface area contributed by atoms with E-state index in [1.165, 1.54) is 107 Å². The van der Waals surface area contributed by atoms with Crippen LogP contribution in [0.1, 0.15) is 127 Å². The fourth-order valence-corrected chi connectivity index (χ4v) is 8.17. The van der Waals surface area contributed by atoms with E-state index in [-0.39, 0.29) is 25.1 Å². The van der Waals surface area contributed by atoms with E-state index in [9.17, 15) is 9.90 Å². The summed E-state index contributed by atoms with van der Waals surface area (Å²) in [5.74, 6) is 4.22. The van der Waals surface area contributed by atoms with Crippen molar-refractivity contribution < 1.29 is 14.6 Å². The minimum atomic E-state index is -0.358. The number of carbonyl (C=O) groups is 1. The van der Waals surface area contributed by atoms with Crippen LogP contribution in [0.4, 0.5) is 0 Å². The van der Waals surface area contributed by atoms with Gasteiger partial charge in [-0.2, -0.15) is 0 Å². The summed E-state index contributed by atoms with van der Waals surface area (Å²) < 4.78 is 5.32. The van der Waals surface area contributed by atoms with Gasteiger partial charge >= 0.3 is 5.97 Å². The van der Waals surface area contributed by atoms with E-state index in [1.807, 2.05) is 0 Å². The minimum Gasteiger partial charge on any atom is -0.462 e. The van der Waals surface area contributed by atoms with E-state index < -0.39 is 0 Å². The van der Waals surface area contributed by atoms with Crippen LogP contribution in [0, 0.1) is 35.5 Å². The third-order valence-corrected chi connectivity index (χ3v) is 10.8. The average molecular weight is 551 g/mol. The normalized spacial score (nSPS) is 27.5. The number of aliphatic hydroxyl groups excluding tert-OH is 1. The Bertz CT molecular complexity index is 919. The van der Waals surface area contributed by atoms with Gasteiger partial charge in [0.25, 0.3) is 0 Å². The molecule has 2 saturated carbocycles. The van der Waals surface area contributed by atoms with Crippen LogP contribution in [0.15, 0.2) is 30.4 Å². The third-order valence-electron chi connectivity index (χ3n) is 10.8. The molecule has 0 amide bonds. The number of fused-ring (bicyclic) bond motifs is 1. The molecule has 0 spiro atoms. The number of aryl methyl sites for hydroxylation is 2. The summed E-state index contributed by atoms with van der Waals surface area (Å²) in [7, 11) is 0. The number of hydrogen-bond donors (Lipinski definition) is 1. The Labute approximate surface area is 245 Å². The maximum atomic E-state index is 11.7. The van der Waals surface area contributed by atoms with Crippen molar-refractivity contribution in [3.05, 3.63) is 47.0 Å². The average Bonchev–Trinajstić information content (AvgIpc) is 2.98. The smallest absolute Gasteiger partial charge is 0.333 e. The summed E-state index contributed by atoms with van der Waals surface area (Å²) in [6, 6.07) is 7.25. The molecule has 0 saturated heterocycles. The number of hydrogen-bond acceptors (Lipinski definition) is 3. The quantitative estimate of drug-likeness (QED) is 0.143. The van der Waals surface area contributed by atoms with Crippen molar-refractivity contribution in [2.45, 2.75) is 129 Å². The highest BCUT2D eigenvalue weighted by Gasteiger charge is 2.31. The van der Waals surface area contributed by atoms with Crippen LogP contribution in [0.2, 0.25) is 0 Å². The summed E-state index contributed by atoms with van der Waals surface area (Å²) in [5.41, 5.74) is 4.96. The second-order valence-corrected chi connectivity index (χ2v) is 14.0. The van der Waals surface area contributed by atoms with E-state index in [4.69, 9.17) is 4.74 Å². The predicted octanol–water partition coefficient (Wildman–Crippen LogP) is 9.04. The van der Waals surface area contributed by atoms with Gasteiger partial charge in [-0.05, 0) is 117 Å². The van der Waals surface area contributed by atoms with E-state index >= 15 is 0 Å². The lowest BCUT2D eigenvalue weighted by atomic mass is 9.68. The van der Waals surface area contributed by atoms with Gasteiger partial charge in [-0.25, -0.2) is 4.79 Å². The molecule has 2 fully saturated rings. The first-order chi connectivity index (χ1) is 19.4. The Morgan fingerprint density at radius 2 is 1.60 bits per heavy atom. The molecular formula is C37H58O3. The van der Waals surface area contributed by atoms with Gasteiger partial charge in [-0.1, -0.05) is 83.1 Å². The van der Waals surface area contributed by atoms with Crippen LogP contribution in [0.3, 0.4) is 0 Å². The van der Waals surface area contributed by atoms with Crippen molar-refractivity contribution >= 4 is 5.97 Å². The zero-order chi connectivity index (χ0) is 28.3. The minimum absolute atomic E-state index is 0.00907. The van der Waals surface area contributed by atoms with Crippen LogP contribution < -0.4 is 0 Å². The highest BCUT2D eigenvalue weighted by molar-refractivity contribution is 5.86. The maximum absolute atomic E-state index is 11.7. The molecule has 3 aliphatic carbocycles. The Morgan fingerprint density at radius 3 is 2.23 bits per heavy atom. The van der Waals surface area contributed by atoms with Crippen molar-refractivity contribution in [2.24, 2.45) is 35.5 Å². The summed E-state index contributed by atoms with van der Waals surface area (Å²) >= 11 is 0. The summed E-state index contributed by atoms with van der Waals surface area (Å²) in [5, 5.41) is 9.82. The van der Waals surface area contributed by atoms with Gasteiger partial charge in [0, 0.05) is 18.1 Å². The molecule has 224 valence electrons. The van der Waals surface area contributed by atoms with Crippen molar-refractivity contribution in [3.8, 4) is 0 Å². The van der Waals surface area contributed by atoms with Crippen LogP contribution in [0.25, 0.3) is 0 Å². The van der Waals surface area contributed by atoms with E-state index in [0.717, 1.165) is 49.4 Å². The second kappa shape index (κ2) is 16.1. The molecule has 4 rings (SSSR count). The number of aliphatic hydroxyl groups is 1. The number of ether oxygens (including phenoxy) is 1. The van der Waals surface area contributed by atoms with E-state index in [2.05, 4.69) is 31.7 Å². The zero-order valence-electron chi connectivity index (χ0n) is 25.8. The first-order valence-electron chi connectivity index (χ1n) is 17.0. The molecule has 3 heteroatoms. The summed E-state index contributed by atoms with van der Waals surface area (Å²) in [6.45, 7) is 7.97. The molecule has 3 aliphatic rings. The number of benzene rings is 1. The second-order valence-electron chi connectivity index (χ2n) is 14.0. The van der Waals surface area contributed by atoms with Gasteiger partial charge in [-0.15, -0.1) is 0 Å².